The van der Waals surface area contributed by atoms with Crippen LogP contribution in [0, 0.1) is 0 Å². The van der Waals surface area contributed by atoms with E-state index in [2.05, 4.69) is 25.3 Å². The van der Waals surface area contributed by atoms with Gasteiger partial charge in [-0.15, -0.1) is 13.2 Å². The van der Waals surface area contributed by atoms with E-state index in [9.17, 15) is 13.2 Å². The lowest BCUT2D eigenvalue weighted by atomic mass is 10.1. The second-order valence-corrected chi connectivity index (χ2v) is 5.93. The molecule has 26 heavy (non-hydrogen) atoms. The topological polar surface area (TPSA) is 58.5 Å². The lowest BCUT2D eigenvalue weighted by Gasteiger charge is -2.14. The molecule has 3 rings (SSSR count). The van der Waals surface area contributed by atoms with Crippen molar-refractivity contribution in [1.82, 2.24) is 15.6 Å². The molecule has 138 valence electrons. The van der Waals surface area contributed by atoms with Gasteiger partial charge < -0.3 is 15.4 Å². The molecule has 2 atom stereocenters. The number of nitrogens with zero attached hydrogens (tertiary/aromatic N) is 2. The molecule has 1 saturated carbocycles. The molecule has 1 aliphatic carbocycles. The predicted octanol–water partition coefficient (Wildman–Crippen LogP) is 3.20. The normalized spacial score (nSPS) is 19.8. The molecule has 0 bridgehead atoms. The molecule has 0 amide bonds. The first-order valence-corrected chi connectivity index (χ1v) is 8.18. The van der Waals surface area contributed by atoms with E-state index in [1.54, 1.807) is 25.4 Å². The van der Waals surface area contributed by atoms with Crippen molar-refractivity contribution in [3.63, 3.8) is 0 Å². The third kappa shape index (κ3) is 4.87. The summed E-state index contributed by atoms with van der Waals surface area (Å²) >= 11 is 0. The zero-order valence-electron chi connectivity index (χ0n) is 14.1. The molecule has 1 aliphatic rings. The van der Waals surface area contributed by atoms with E-state index in [0.717, 1.165) is 5.69 Å². The van der Waals surface area contributed by atoms with E-state index in [4.69, 9.17) is 0 Å². The molecule has 2 N–H and O–H groups in total. The fraction of sp³-hybridized carbons (Fsp3) is 0.333. The number of aromatic nitrogens is 1. The summed E-state index contributed by atoms with van der Waals surface area (Å²) in [4.78, 5) is 8.37. The van der Waals surface area contributed by atoms with E-state index in [1.807, 2.05) is 18.2 Å². The first-order chi connectivity index (χ1) is 12.5. The molecule has 8 heteroatoms. The van der Waals surface area contributed by atoms with Crippen LogP contribution < -0.4 is 15.4 Å². The van der Waals surface area contributed by atoms with E-state index in [1.165, 1.54) is 12.1 Å². The second kappa shape index (κ2) is 7.63. The fourth-order valence-corrected chi connectivity index (χ4v) is 2.75. The molecule has 2 unspecified atom stereocenters. The first kappa shape index (κ1) is 18.0. The van der Waals surface area contributed by atoms with Crippen molar-refractivity contribution in [1.29, 1.82) is 0 Å². The Bertz CT molecular complexity index is 765. The van der Waals surface area contributed by atoms with Gasteiger partial charge in [-0.05, 0) is 30.2 Å². The van der Waals surface area contributed by atoms with Crippen LogP contribution in [0.2, 0.25) is 0 Å². The Morgan fingerprint density at radius 3 is 2.69 bits per heavy atom. The van der Waals surface area contributed by atoms with Crippen LogP contribution in [0.15, 0.2) is 53.7 Å². The van der Waals surface area contributed by atoms with E-state index < -0.39 is 6.36 Å². The van der Waals surface area contributed by atoms with Crippen LogP contribution in [0.4, 0.5) is 13.2 Å². The Balaban J connectivity index is 1.58. The minimum Gasteiger partial charge on any atom is -0.405 e. The molecule has 1 aromatic carbocycles. The lowest BCUT2D eigenvalue weighted by molar-refractivity contribution is -0.274. The largest absolute Gasteiger partial charge is 0.573 e. The Labute approximate surface area is 149 Å². The van der Waals surface area contributed by atoms with E-state index in [-0.39, 0.29) is 17.7 Å². The summed E-state index contributed by atoms with van der Waals surface area (Å²) in [5, 5.41) is 6.37. The summed E-state index contributed by atoms with van der Waals surface area (Å²) in [6.07, 6.45) is -2.28. The van der Waals surface area contributed by atoms with Gasteiger partial charge in [0.15, 0.2) is 5.96 Å². The molecule has 5 nitrogen and oxygen atoms in total. The molecular formula is C18H19F3N4O. The highest BCUT2D eigenvalue weighted by Crippen LogP contribution is 2.45. The van der Waals surface area contributed by atoms with E-state index in [0.29, 0.717) is 24.5 Å². The van der Waals surface area contributed by atoms with Crippen molar-refractivity contribution in [2.75, 3.05) is 7.05 Å². The highest BCUT2D eigenvalue weighted by Gasteiger charge is 2.42. The third-order valence-electron chi connectivity index (χ3n) is 4.04. The number of guanidine groups is 1. The maximum absolute atomic E-state index is 12.6. The van der Waals surface area contributed by atoms with Crippen LogP contribution in [-0.2, 0) is 6.54 Å². The highest BCUT2D eigenvalue weighted by molar-refractivity contribution is 5.80. The standard InChI is InChI=1S/C18H19F3N4O/c1-22-17(24-11-12-6-4-5-9-23-12)25-15-10-14(15)13-7-2-3-8-16(13)26-18(19,20)21/h2-9,14-15H,10-11H2,1H3,(H2,22,24,25). The fourth-order valence-electron chi connectivity index (χ4n) is 2.75. The SMILES string of the molecule is CN=C(NCc1ccccn1)NC1CC1c1ccccc1OC(F)(F)F. The quantitative estimate of drug-likeness (QED) is 0.632. The van der Waals surface area contributed by atoms with Gasteiger partial charge in [-0.2, -0.15) is 0 Å². The van der Waals surface area contributed by atoms with Crippen LogP contribution in [-0.4, -0.2) is 30.4 Å². The smallest absolute Gasteiger partial charge is 0.405 e. The van der Waals surface area contributed by atoms with Gasteiger partial charge in [-0.25, -0.2) is 0 Å². The molecular weight excluding hydrogens is 345 g/mol. The van der Waals surface area contributed by atoms with E-state index >= 15 is 0 Å². The number of rotatable bonds is 5. The van der Waals surface area contributed by atoms with Crippen LogP contribution in [0.25, 0.3) is 0 Å². The van der Waals surface area contributed by atoms with Gasteiger partial charge in [0.1, 0.15) is 5.75 Å². The average Bonchev–Trinajstić information content (AvgIpc) is 3.37. The third-order valence-corrected chi connectivity index (χ3v) is 4.04. The number of hydrogen-bond acceptors (Lipinski definition) is 3. The molecule has 0 aliphatic heterocycles. The summed E-state index contributed by atoms with van der Waals surface area (Å²) in [5.41, 5.74) is 1.41. The number of alkyl halides is 3. The monoisotopic (exact) mass is 364 g/mol. The predicted molar refractivity (Wildman–Crippen MR) is 91.8 cm³/mol. The number of nitrogens with one attached hydrogen (secondary N) is 2. The second-order valence-electron chi connectivity index (χ2n) is 5.93. The summed E-state index contributed by atoms with van der Waals surface area (Å²) in [7, 11) is 1.64. The van der Waals surface area contributed by atoms with Crippen LogP contribution in [0.1, 0.15) is 23.6 Å². The van der Waals surface area contributed by atoms with Crippen molar-refractivity contribution in [2.45, 2.75) is 31.3 Å². The van der Waals surface area contributed by atoms with Crippen molar-refractivity contribution < 1.29 is 17.9 Å². The Morgan fingerprint density at radius 1 is 1.23 bits per heavy atom. The van der Waals surface area contributed by atoms with Crippen LogP contribution in [0.5, 0.6) is 5.75 Å². The number of ether oxygens (including phenoxy) is 1. The van der Waals surface area contributed by atoms with Gasteiger partial charge in [0.25, 0.3) is 0 Å². The number of hydrogen-bond donors (Lipinski definition) is 2. The average molecular weight is 364 g/mol. The summed E-state index contributed by atoms with van der Waals surface area (Å²) in [6, 6.07) is 11.9. The number of aliphatic imine (C=N–C) groups is 1. The minimum atomic E-state index is -4.70. The Morgan fingerprint density at radius 2 is 2.00 bits per heavy atom. The molecule has 0 radical (unpaired) electrons. The van der Waals surface area contributed by atoms with Gasteiger partial charge >= 0.3 is 6.36 Å². The Kier molecular flexibility index (Phi) is 5.29. The summed E-state index contributed by atoms with van der Waals surface area (Å²) in [5.74, 6) is 0.380. The molecule has 2 aromatic rings. The maximum atomic E-state index is 12.6. The number of benzene rings is 1. The molecule has 1 fully saturated rings. The Hall–Kier alpha value is -2.77. The van der Waals surface area contributed by atoms with Crippen molar-refractivity contribution in [2.24, 2.45) is 4.99 Å². The molecule has 1 heterocycles. The first-order valence-electron chi connectivity index (χ1n) is 8.18. The maximum Gasteiger partial charge on any atom is 0.573 e. The molecule has 0 spiro atoms. The zero-order chi connectivity index (χ0) is 18.6. The van der Waals surface area contributed by atoms with Gasteiger partial charge in [-0.1, -0.05) is 24.3 Å². The number of pyridine rings is 1. The van der Waals surface area contributed by atoms with Gasteiger partial charge in [-0.3, -0.25) is 9.98 Å². The summed E-state index contributed by atoms with van der Waals surface area (Å²) < 4.78 is 41.8. The van der Waals surface area contributed by atoms with Gasteiger partial charge in [0, 0.05) is 25.2 Å². The minimum absolute atomic E-state index is 0.00270. The zero-order valence-corrected chi connectivity index (χ0v) is 14.1. The van der Waals surface area contributed by atoms with Crippen molar-refractivity contribution >= 4 is 5.96 Å². The molecule has 1 aromatic heterocycles. The highest BCUT2D eigenvalue weighted by atomic mass is 19.4. The van der Waals surface area contributed by atoms with Crippen molar-refractivity contribution in [3.05, 3.63) is 59.9 Å². The van der Waals surface area contributed by atoms with Gasteiger partial charge in [0.05, 0.1) is 12.2 Å². The van der Waals surface area contributed by atoms with Crippen LogP contribution >= 0.6 is 0 Å². The van der Waals surface area contributed by atoms with Crippen LogP contribution in [0.3, 0.4) is 0 Å². The summed E-state index contributed by atoms with van der Waals surface area (Å²) in [6.45, 7) is 0.506. The lowest BCUT2D eigenvalue weighted by Crippen LogP contribution is -2.38. The number of para-hydroxylation sites is 1. The number of halogens is 3. The van der Waals surface area contributed by atoms with Gasteiger partial charge in [0.2, 0.25) is 0 Å². The van der Waals surface area contributed by atoms with Crippen molar-refractivity contribution in [3.8, 4) is 5.75 Å². The molecule has 0 saturated heterocycles.